The van der Waals surface area contributed by atoms with Gasteiger partial charge in [0, 0.05) is 22.3 Å². The van der Waals surface area contributed by atoms with Crippen LogP contribution < -0.4 is 10.6 Å². The monoisotopic (exact) mass is 395 g/mol. The lowest BCUT2D eigenvalue weighted by atomic mass is 10.3. The smallest absolute Gasteiger partial charge is 0.238 e. The lowest BCUT2D eigenvalue weighted by molar-refractivity contribution is -0.117. The van der Waals surface area contributed by atoms with Crippen LogP contribution in [0.15, 0.2) is 24.3 Å². The summed E-state index contributed by atoms with van der Waals surface area (Å²) in [5.74, 6) is 0.0684. The highest BCUT2D eigenvalue weighted by molar-refractivity contribution is 14.1. The molecule has 0 aromatic heterocycles. The second-order valence-corrected chi connectivity index (χ2v) is 5.68. The van der Waals surface area contributed by atoms with Crippen LogP contribution in [0.2, 0.25) is 0 Å². The van der Waals surface area contributed by atoms with Crippen LogP contribution in [0.3, 0.4) is 0 Å². The lowest BCUT2D eigenvalue weighted by Gasteiger charge is -2.18. The Hall–Kier alpha value is -0.370. The van der Waals surface area contributed by atoms with Gasteiger partial charge in [0.15, 0.2) is 0 Å². The van der Waals surface area contributed by atoms with Crippen molar-refractivity contribution in [3.05, 3.63) is 27.8 Å². The van der Waals surface area contributed by atoms with Crippen molar-refractivity contribution in [2.24, 2.45) is 0 Å². The van der Waals surface area contributed by atoms with Gasteiger partial charge in [0.05, 0.1) is 6.54 Å². The maximum absolute atomic E-state index is 11.9. The number of nitrogens with one attached hydrogen (secondary N) is 2. The first-order chi connectivity index (χ1) is 8.74. The quantitative estimate of drug-likeness (QED) is 0.769. The average Bonchev–Trinajstić information content (AvgIpc) is 2.57. The van der Waals surface area contributed by atoms with Crippen molar-refractivity contribution in [2.75, 3.05) is 38.0 Å². The van der Waals surface area contributed by atoms with E-state index in [4.69, 9.17) is 0 Å². The third-order valence-electron chi connectivity index (χ3n) is 2.91. The van der Waals surface area contributed by atoms with Crippen molar-refractivity contribution in [1.82, 2.24) is 10.2 Å². The van der Waals surface area contributed by atoms with Crippen LogP contribution in [-0.2, 0) is 4.79 Å². The Balaban J connectivity index is 0.00000180. The predicted molar refractivity (Wildman–Crippen MR) is 89.0 cm³/mol. The van der Waals surface area contributed by atoms with E-state index in [1.54, 1.807) is 0 Å². The number of benzene rings is 1. The van der Waals surface area contributed by atoms with Crippen LogP contribution in [0, 0.1) is 3.57 Å². The van der Waals surface area contributed by atoms with Gasteiger partial charge in [-0.1, -0.05) is 6.07 Å². The third-order valence-corrected chi connectivity index (χ3v) is 3.58. The second-order valence-electron chi connectivity index (χ2n) is 4.44. The van der Waals surface area contributed by atoms with Crippen molar-refractivity contribution in [1.29, 1.82) is 0 Å². The average molecular weight is 396 g/mol. The van der Waals surface area contributed by atoms with Gasteiger partial charge in [0.2, 0.25) is 5.91 Å². The minimum absolute atomic E-state index is 0. The molecular weight excluding hydrogens is 377 g/mol. The molecule has 1 heterocycles. The largest absolute Gasteiger partial charge is 0.325 e. The summed E-state index contributed by atoms with van der Waals surface area (Å²) in [7, 11) is 0. The molecule has 0 bridgehead atoms. The van der Waals surface area contributed by atoms with E-state index < -0.39 is 0 Å². The number of hydrogen-bond donors (Lipinski definition) is 2. The molecule has 2 rings (SSSR count). The first-order valence-electron chi connectivity index (χ1n) is 6.22. The van der Waals surface area contributed by atoms with Gasteiger partial charge in [-0.3, -0.25) is 9.69 Å². The molecule has 2 N–H and O–H groups in total. The maximum Gasteiger partial charge on any atom is 0.238 e. The van der Waals surface area contributed by atoms with Gasteiger partial charge in [-0.25, -0.2) is 0 Å². The zero-order valence-electron chi connectivity index (χ0n) is 10.7. The maximum atomic E-state index is 11.9. The number of hydrogen-bond acceptors (Lipinski definition) is 3. The fraction of sp³-hybridized carbons (Fsp3) is 0.462. The van der Waals surface area contributed by atoms with Gasteiger partial charge in [-0.2, -0.15) is 0 Å². The summed E-state index contributed by atoms with van der Waals surface area (Å²) in [5, 5.41) is 6.28. The summed E-state index contributed by atoms with van der Waals surface area (Å²) >= 11 is 2.24. The van der Waals surface area contributed by atoms with Crippen LogP contribution >= 0.6 is 35.0 Å². The SMILES string of the molecule is Cl.O=C(CN1CCCNCC1)Nc1cccc(I)c1. The van der Waals surface area contributed by atoms with E-state index in [1.807, 2.05) is 24.3 Å². The van der Waals surface area contributed by atoms with E-state index in [0.29, 0.717) is 6.54 Å². The van der Waals surface area contributed by atoms with Crippen molar-refractivity contribution in [3.63, 3.8) is 0 Å². The number of carbonyl (C=O) groups excluding carboxylic acids is 1. The molecule has 1 aromatic carbocycles. The number of amides is 1. The Bertz CT molecular complexity index is 409. The highest BCUT2D eigenvalue weighted by atomic mass is 127. The summed E-state index contributed by atoms with van der Waals surface area (Å²) in [6, 6.07) is 7.86. The molecule has 6 heteroatoms. The topological polar surface area (TPSA) is 44.4 Å². The molecular formula is C13H19ClIN3O. The molecule has 1 saturated heterocycles. The predicted octanol–water partition coefficient (Wildman–Crippen LogP) is 1.95. The Morgan fingerprint density at radius 1 is 1.37 bits per heavy atom. The molecule has 0 unspecified atom stereocenters. The number of rotatable bonds is 3. The lowest BCUT2D eigenvalue weighted by Crippen LogP contribution is -2.35. The molecule has 19 heavy (non-hydrogen) atoms. The Labute approximate surface area is 133 Å². The standard InChI is InChI=1S/C13H18IN3O.ClH/c14-11-3-1-4-12(9-11)16-13(18)10-17-7-2-5-15-6-8-17;/h1,3-4,9,15H,2,5-8,10H2,(H,16,18);1H. The van der Waals surface area contributed by atoms with E-state index in [-0.39, 0.29) is 18.3 Å². The fourth-order valence-electron chi connectivity index (χ4n) is 2.03. The molecule has 1 fully saturated rings. The molecule has 0 aliphatic carbocycles. The van der Waals surface area contributed by atoms with Gasteiger partial charge in [0.1, 0.15) is 0 Å². The van der Waals surface area contributed by atoms with E-state index in [9.17, 15) is 4.79 Å². The molecule has 1 aliphatic rings. The van der Waals surface area contributed by atoms with Crippen LogP contribution in [0.5, 0.6) is 0 Å². The van der Waals surface area contributed by atoms with Crippen molar-refractivity contribution < 1.29 is 4.79 Å². The summed E-state index contributed by atoms with van der Waals surface area (Å²) < 4.78 is 1.13. The molecule has 1 aliphatic heterocycles. The Morgan fingerprint density at radius 3 is 3.00 bits per heavy atom. The summed E-state index contributed by atoms with van der Waals surface area (Å²) in [5.41, 5.74) is 0.875. The molecule has 1 amide bonds. The van der Waals surface area contributed by atoms with Crippen LogP contribution in [0.1, 0.15) is 6.42 Å². The summed E-state index contributed by atoms with van der Waals surface area (Å²) in [6.07, 6.45) is 1.11. The molecule has 0 spiro atoms. The number of nitrogens with zero attached hydrogens (tertiary/aromatic N) is 1. The molecule has 0 atom stereocenters. The number of halogens is 2. The highest BCUT2D eigenvalue weighted by Crippen LogP contribution is 2.12. The van der Waals surface area contributed by atoms with E-state index >= 15 is 0 Å². The van der Waals surface area contributed by atoms with E-state index in [2.05, 4.69) is 38.1 Å². The van der Waals surface area contributed by atoms with E-state index in [0.717, 1.165) is 41.9 Å². The molecule has 4 nitrogen and oxygen atoms in total. The minimum Gasteiger partial charge on any atom is -0.325 e. The van der Waals surface area contributed by atoms with Crippen LogP contribution in [0.4, 0.5) is 5.69 Å². The van der Waals surface area contributed by atoms with E-state index in [1.165, 1.54) is 0 Å². The van der Waals surface area contributed by atoms with Crippen LogP contribution in [-0.4, -0.2) is 43.5 Å². The van der Waals surface area contributed by atoms with Gasteiger partial charge >= 0.3 is 0 Å². The van der Waals surface area contributed by atoms with Crippen molar-refractivity contribution in [3.8, 4) is 0 Å². The fourth-order valence-corrected chi connectivity index (χ4v) is 2.57. The normalized spacial score (nSPS) is 16.3. The number of anilines is 1. The van der Waals surface area contributed by atoms with Gasteiger partial charge in [0.25, 0.3) is 0 Å². The second kappa shape index (κ2) is 8.73. The third kappa shape index (κ3) is 6.07. The van der Waals surface area contributed by atoms with Crippen molar-refractivity contribution >= 4 is 46.6 Å². The minimum atomic E-state index is 0. The summed E-state index contributed by atoms with van der Waals surface area (Å²) in [4.78, 5) is 14.1. The highest BCUT2D eigenvalue weighted by Gasteiger charge is 2.12. The van der Waals surface area contributed by atoms with Crippen LogP contribution in [0.25, 0.3) is 0 Å². The zero-order chi connectivity index (χ0) is 12.8. The molecule has 0 radical (unpaired) electrons. The van der Waals surface area contributed by atoms with Gasteiger partial charge in [-0.05, 0) is 60.3 Å². The summed E-state index contributed by atoms with van der Waals surface area (Å²) in [6.45, 7) is 4.44. The molecule has 0 saturated carbocycles. The zero-order valence-corrected chi connectivity index (χ0v) is 13.7. The Kier molecular flexibility index (Phi) is 7.67. The first-order valence-corrected chi connectivity index (χ1v) is 7.30. The Morgan fingerprint density at radius 2 is 2.21 bits per heavy atom. The number of carbonyl (C=O) groups is 1. The van der Waals surface area contributed by atoms with Gasteiger partial charge in [-0.15, -0.1) is 12.4 Å². The van der Waals surface area contributed by atoms with Crippen molar-refractivity contribution in [2.45, 2.75) is 6.42 Å². The first kappa shape index (κ1) is 16.7. The molecule has 1 aromatic rings. The van der Waals surface area contributed by atoms with Gasteiger partial charge < -0.3 is 10.6 Å². The molecule has 106 valence electrons.